The summed E-state index contributed by atoms with van der Waals surface area (Å²) in [5.41, 5.74) is 2.34. The van der Waals surface area contributed by atoms with Gasteiger partial charge < -0.3 is 4.74 Å². The molecule has 2 rings (SSSR count). The van der Waals surface area contributed by atoms with E-state index >= 15 is 0 Å². The van der Waals surface area contributed by atoms with Gasteiger partial charge in [-0.25, -0.2) is 4.79 Å². The molecule has 22 heavy (non-hydrogen) atoms. The third-order valence-electron chi connectivity index (χ3n) is 2.88. The molecule has 0 radical (unpaired) electrons. The number of aryl methyl sites for hydroxylation is 2. The smallest absolute Gasteiger partial charge is 0.331 e. The van der Waals surface area contributed by atoms with E-state index in [9.17, 15) is 4.79 Å². The third-order valence-corrected chi connectivity index (χ3v) is 3.32. The first-order valence-electron chi connectivity index (χ1n) is 6.66. The minimum atomic E-state index is -0.471. The Kier molecular flexibility index (Phi) is 5.40. The second-order valence-electron chi connectivity index (χ2n) is 4.52. The Balaban J connectivity index is 1.88. The molecule has 0 aliphatic carbocycles. The summed E-state index contributed by atoms with van der Waals surface area (Å²) < 4.78 is 6.55. The van der Waals surface area contributed by atoms with Gasteiger partial charge in [-0.1, -0.05) is 41.6 Å². The molecule has 0 saturated heterocycles. The molecule has 0 unspecified atom stereocenters. The lowest BCUT2D eigenvalue weighted by molar-refractivity contribution is -0.136. The molecular weight excluding hydrogens is 300 g/mol. The van der Waals surface area contributed by atoms with Gasteiger partial charge in [-0.3, -0.25) is 4.68 Å². The Morgan fingerprint density at radius 2 is 2.14 bits per heavy atom. The quantitative estimate of drug-likeness (QED) is 0.497. The van der Waals surface area contributed by atoms with Gasteiger partial charge in [0, 0.05) is 24.3 Å². The zero-order valence-electron chi connectivity index (χ0n) is 12.3. The minimum Gasteiger partial charge on any atom is -0.449 e. The molecule has 0 atom stereocenters. The van der Waals surface area contributed by atoms with E-state index in [1.807, 2.05) is 37.3 Å². The highest BCUT2D eigenvalue weighted by Gasteiger charge is 2.08. The summed E-state index contributed by atoms with van der Waals surface area (Å²) in [4.78, 5) is 11.6. The molecule has 0 saturated carbocycles. The number of carbonyl (C=O) groups excluding carboxylic acids is 1. The molecule has 0 bridgehead atoms. The first kappa shape index (κ1) is 15.9. The van der Waals surface area contributed by atoms with Crippen molar-refractivity contribution in [1.29, 1.82) is 0 Å². The van der Waals surface area contributed by atoms with E-state index in [-0.39, 0.29) is 6.61 Å². The van der Waals surface area contributed by atoms with Crippen molar-refractivity contribution in [3.8, 4) is 11.8 Å². The fourth-order valence-electron chi connectivity index (χ4n) is 1.80. The van der Waals surface area contributed by atoms with Crippen molar-refractivity contribution in [2.75, 3.05) is 6.61 Å². The number of benzene rings is 1. The first-order chi connectivity index (χ1) is 10.6. The highest BCUT2D eigenvalue weighted by molar-refractivity contribution is 6.31. The number of rotatable bonds is 3. The molecule has 1 aromatic heterocycles. The molecule has 1 heterocycles. The number of halogens is 1. The van der Waals surface area contributed by atoms with Crippen LogP contribution in [0.4, 0.5) is 0 Å². The van der Waals surface area contributed by atoms with Crippen molar-refractivity contribution >= 4 is 23.6 Å². The topological polar surface area (TPSA) is 44.1 Å². The van der Waals surface area contributed by atoms with Crippen molar-refractivity contribution in [2.45, 2.75) is 6.92 Å². The van der Waals surface area contributed by atoms with Crippen molar-refractivity contribution in [3.63, 3.8) is 0 Å². The van der Waals surface area contributed by atoms with Crippen molar-refractivity contribution < 1.29 is 9.53 Å². The number of esters is 1. The zero-order valence-corrected chi connectivity index (χ0v) is 13.1. The molecular formula is C17H15ClN2O2. The summed E-state index contributed by atoms with van der Waals surface area (Å²) in [6, 6.07) is 9.50. The molecule has 0 N–H and O–H groups in total. The van der Waals surface area contributed by atoms with Gasteiger partial charge in [0.25, 0.3) is 0 Å². The molecule has 0 spiro atoms. The zero-order chi connectivity index (χ0) is 15.9. The van der Waals surface area contributed by atoms with E-state index in [1.165, 1.54) is 6.08 Å². The van der Waals surface area contributed by atoms with Crippen molar-refractivity contribution in [2.24, 2.45) is 7.05 Å². The van der Waals surface area contributed by atoms with E-state index < -0.39 is 5.97 Å². The molecule has 0 amide bonds. The van der Waals surface area contributed by atoms with E-state index in [4.69, 9.17) is 16.3 Å². The van der Waals surface area contributed by atoms with Gasteiger partial charge in [-0.15, -0.1) is 0 Å². The fourth-order valence-corrected chi connectivity index (χ4v) is 2.04. The average molecular weight is 315 g/mol. The Morgan fingerprint density at radius 3 is 2.77 bits per heavy atom. The summed E-state index contributed by atoms with van der Waals surface area (Å²) in [6.07, 6.45) is 2.91. The third kappa shape index (κ3) is 4.24. The van der Waals surface area contributed by atoms with Gasteiger partial charge in [0.05, 0.1) is 5.69 Å². The summed E-state index contributed by atoms with van der Waals surface area (Å²) >= 11 is 6.07. The van der Waals surface area contributed by atoms with E-state index in [2.05, 4.69) is 16.9 Å². The van der Waals surface area contributed by atoms with Crippen LogP contribution in [-0.2, 0) is 16.6 Å². The largest absolute Gasteiger partial charge is 0.449 e. The Bertz CT molecular complexity index is 752. The van der Waals surface area contributed by atoms with Crippen LogP contribution in [0.3, 0.4) is 0 Å². The van der Waals surface area contributed by atoms with Crippen LogP contribution < -0.4 is 0 Å². The number of nitrogens with zero attached hydrogens (tertiary/aromatic N) is 2. The SMILES string of the molecule is Cc1nn(C)c(Cl)c1/C=C/C(=O)OCC#Cc1ccccc1. The Hall–Kier alpha value is -2.51. The van der Waals surface area contributed by atoms with Gasteiger partial charge >= 0.3 is 5.97 Å². The lowest BCUT2D eigenvalue weighted by atomic mass is 10.2. The number of carbonyl (C=O) groups is 1. The maximum atomic E-state index is 11.6. The Labute approximate surface area is 134 Å². The van der Waals surface area contributed by atoms with Crippen LogP contribution in [0.15, 0.2) is 36.4 Å². The van der Waals surface area contributed by atoms with Crippen LogP contribution in [-0.4, -0.2) is 22.4 Å². The number of ether oxygens (including phenoxy) is 1. The molecule has 112 valence electrons. The van der Waals surface area contributed by atoms with E-state index in [0.717, 1.165) is 11.3 Å². The van der Waals surface area contributed by atoms with E-state index in [1.54, 1.807) is 17.8 Å². The van der Waals surface area contributed by atoms with Crippen molar-refractivity contribution in [3.05, 3.63) is 58.4 Å². The molecule has 1 aromatic carbocycles. The van der Waals surface area contributed by atoms with Gasteiger partial charge in [0.15, 0.2) is 6.61 Å². The maximum absolute atomic E-state index is 11.6. The van der Waals surface area contributed by atoms with Gasteiger partial charge in [0.1, 0.15) is 5.15 Å². The monoisotopic (exact) mass is 314 g/mol. The number of aromatic nitrogens is 2. The molecule has 0 fully saturated rings. The molecule has 0 aliphatic rings. The van der Waals surface area contributed by atoms with Crippen LogP contribution >= 0.6 is 11.6 Å². The number of hydrogen-bond acceptors (Lipinski definition) is 3. The van der Waals surface area contributed by atoms with Gasteiger partial charge in [-0.05, 0) is 25.1 Å². The van der Waals surface area contributed by atoms with Crippen LogP contribution in [0.5, 0.6) is 0 Å². The fraction of sp³-hybridized carbons (Fsp3) is 0.176. The first-order valence-corrected chi connectivity index (χ1v) is 7.03. The van der Waals surface area contributed by atoms with Crippen LogP contribution in [0.25, 0.3) is 6.08 Å². The predicted molar refractivity (Wildman–Crippen MR) is 86.3 cm³/mol. The lowest BCUT2D eigenvalue weighted by Gasteiger charge is -1.95. The molecule has 5 heteroatoms. The predicted octanol–water partition coefficient (Wildman–Crippen LogP) is 2.99. The second kappa shape index (κ2) is 7.48. The summed E-state index contributed by atoms with van der Waals surface area (Å²) in [5, 5.41) is 4.63. The van der Waals surface area contributed by atoms with Crippen molar-refractivity contribution in [1.82, 2.24) is 9.78 Å². The summed E-state index contributed by atoms with van der Waals surface area (Å²) in [6.45, 7) is 1.86. The summed E-state index contributed by atoms with van der Waals surface area (Å²) in [5.74, 6) is 5.23. The second-order valence-corrected chi connectivity index (χ2v) is 4.88. The molecule has 2 aromatic rings. The molecule has 0 aliphatic heterocycles. The van der Waals surface area contributed by atoms with Gasteiger partial charge in [-0.2, -0.15) is 5.10 Å². The van der Waals surface area contributed by atoms with Crippen LogP contribution in [0.2, 0.25) is 5.15 Å². The lowest BCUT2D eigenvalue weighted by Crippen LogP contribution is -2.00. The van der Waals surface area contributed by atoms with E-state index in [0.29, 0.717) is 10.7 Å². The average Bonchev–Trinajstić information content (AvgIpc) is 2.76. The normalized spacial score (nSPS) is 10.3. The highest BCUT2D eigenvalue weighted by atomic mass is 35.5. The van der Waals surface area contributed by atoms with Gasteiger partial charge in [0.2, 0.25) is 0 Å². The Morgan fingerprint density at radius 1 is 1.41 bits per heavy atom. The maximum Gasteiger partial charge on any atom is 0.331 e. The standard InChI is InChI=1S/C17H15ClN2O2/c1-13-15(17(18)20(2)19-13)10-11-16(21)22-12-6-9-14-7-4-3-5-8-14/h3-5,7-8,10-11H,12H2,1-2H3/b11-10+. The van der Waals surface area contributed by atoms with Crippen LogP contribution in [0, 0.1) is 18.8 Å². The molecule has 4 nitrogen and oxygen atoms in total. The van der Waals surface area contributed by atoms with Crippen LogP contribution in [0.1, 0.15) is 16.8 Å². The summed E-state index contributed by atoms with van der Waals surface area (Å²) in [7, 11) is 1.74. The minimum absolute atomic E-state index is 0.0395. The number of hydrogen-bond donors (Lipinski definition) is 0. The highest BCUT2D eigenvalue weighted by Crippen LogP contribution is 2.19.